The summed E-state index contributed by atoms with van der Waals surface area (Å²) in [5, 5.41) is 5.01. The van der Waals surface area contributed by atoms with Crippen LogP contribution in [0, 0.1) is 6.92 Å². The lowest BCUT2D eigenvalue weighted by atomic mass is 10.0. The first-order chi connectivity index (χ1) is 17.4. The molecule has 2 aromatic carbocycles. The van der Waals surface area contributed by atoms with E-state index in [2.05, 4.69) is 32.2 Å². The minimum absolute atomic E-state index is 0.00309. The fourth-order valence-electron chi connectivity index (χ4n) is 3.84. The lowest BCUT2D eigenvalue weighted by Crippen LogP contribution is -2.44. The normalized spacial score (nSPS) is 10.9. The van der Waals surface area contributed by atoms with Gasteiger partial charge in [-0.3, -0.25) is 4.79 Å². The van der Waals surface area contributed by atoms with Crippen molar-refractivity contribution in [2.75, 3.05) is 32.1 Å². The summed E-state index contributed by atoms with van der Waals surface area (Å²) in [4.78, 5) is 31.4. The lowest BCUT2D eigenvalue weighted by molar-refractivity contribution is -0.133. The van der Waals surface area contributed by atoms with Crippen LogP contribution in [0.15, 0.2) is 66.0 Å². The Morgan fingerprint density at radius 2 is 1.69 bits per heavy atom. The maximum Gasteiger partial charge on any atom is 0.322 e. The minimum atomic E-state index is -0.288. The third kappa shape index (κ3) is 8.21. The number of carbonyl (C=O) groups is 2. The molecule has 0 aliphatic rings. The van der Waals surface area contributed by atoms with Crippen LogP contribution in [0.5, 0.6) is 0 Å². The third-order valence-corrected chi connectivity index (χ3v) is 7.10. The first-order valence-corrected chi connectivity index (χ1v) is 13.2. The van der Waals surface area contributed by atoms with E-state index in [-0.39, 0.29) is 18.5 Å². The zero-order chi connectivity index (χ0) is 25.9. The second-order valence-electron chi connectivity index (χ2n) is 9.24. The van der Waals surface area contributed by atoms with Crippen molar-refractivity contribution < 1.29 is 14.3 Å². The first-order valence-electron chi connectivity index (χ1n) is 12.4. The Kier molecular flexibility index (Phi) is 10.5. The van der Waals surface area contributed by atoms with Gasteiger partial charge in [-0.05, 0) is 59.5 Å². The van der Waals surface area contributed by atoms with Crippen LogP contribution in [-0.4, -0.2) is 48.5 Å². The molecule has 0 aliphatic heterocycles. The van der Waals surface area contributed by atoms with Gasteiger partial charge in [0.1, 0.15) is 6.54 Å². The van der Waals surface area contributed by atoms with E-state index in [0.717, 1.165) is 10.4 Å². The largest absolute Gasteiger partial charge is 0.385 e. The van der Waals surface area contributed by atoms with Crippen LogP contribution in [0.1, 0.15) is 47.8 Å². The SMILES string of the molecule is COCCCN(CC(=O)N(Cc1ccccc1)Cc1sccc1C)C(=O)Nc1ccc(C(C)C)cc1. The smallest absolute Gasteiger partial charge is 0.322 e. The number of benzene rings is 2. The van der Waals surface area contributed by atoms with Crippen LogP contribution < -0.4 is 5.32 Å². The highest BCUT2D eigenvalue weighted by molar-refractivity contribution is 7.10. The molecule has 1 N–H and O–H groups in total. The van der Waals surface area contributed by atoms with Crippen molar-refractivity contribution in [3.05, 3.63) is 87.6 Å². The van der Waals surface area contributed by atoms with Gasteiger partial charge in [0.15, 0.2) is 0 Å². The molecule has 7 heteroatoms. The van der Waals surface area contributed by atoms with Crippen LogP contribution in [0.2, 0.25) is 0 Å². The Labute approximate surface area is 218 Å². The number of anilines is 1. The number of methoxy groups -OCH3 is 1. The molecule has 1 aromatic heterocycles. The van der Waals surface area contributed by atoms with Gasteiger partial charge in [0.05, 0.1) is 6.54 Å². The molecule has 0 unspecified atom stereocenters. The molecule has 0 aliphatic carbocycles. The average Bonchev–Trinajstić information content (AvgIpc) is 3.28. The van der Waals surface area contributed by atoms with E-state index in [0.29, 0.717) is 44.3 Å². The average molecular weight is 508 g/mol. The van der Waals surface area contributed by atoms with E-state index < -0.39 is 0 Å². The summed E-state index contributed by atoms with van der Waals surface area (Å²) in [6.07, 6.45) is 0.645. The molecule has 3 aromatic rings. The number of amides is 3. The third-order valence-electron chi connectivity index (χ3n) is 6.09. The highest BCUT2D eigenvalue weighted by Crippen LogP contribution is 2.20. The summed E-state index contributed by atoms with van der Waals surface area (Å²) in [5.74, 6) is 0.329. The van der Waals surface area contributed by atoms with Crippen LogP contribution in [0.25, 0.3) is 0 Å². The van der Waals surface area contributed by atoms with Crippen molar-refractivity contribution in [2.45, 2.75) is 46.2 Å². The maximum absolute atomic E-state index is 13.6. The topological polar surface area (TPSA) is 61.9 Å². The quantitative estimate of drug-likeness (QED) is 0.294. The zero-order valence-electron chi connectivity index (χ0n) is 21.7. The molecule has 0 bridgehead atoms. The van der Waals surface area contributed by atoms with Crippen molar-refractivity contribution in [1.82, 2.24) is 9.80 Å². The number of nitrogens with one attached hydrogen (secondary N) is 1. The number of thiophene rings is 1. The standard InChI is InChI=1S/C29H37N3O3S/c1-22(2)25-11-13-26(14-12-25)30-29(34)31(16-8-17-35-4)21-28(33)32(19-24-9-6-5-7-10-24)20-27-23(3)15-18-36-27/h5-7,9-15,18,22H,8,16-17,19-21H2,1-4H3,(H,30,34). The Morgan fingerprint density at radius 1 is 0.972 bits per heavy atom. The fourth-order valence-corrected chi connectivity index (χ4v) is 4.77. The minimum Gasteiger partial charge on any atom is -0.385 e. The van der Waals surface area contributed by atoms with Gasteiger partial charge in [0, 0.05) is 37.4 Å². The van der Waals surface area contributed by atoms with Gasteiger partial charge in [-0.15, -0.1) is 11.3 Å². The van der Waals surface area contributed by atoms with Crippen LogP contribution in [0.4, 0.5) is 10.5 Å². The summed E-state index contributed by atoms with van der Waals surface area (Å²) < 4.78 is 5.19. The maximum atomic E-state index is 13.6. The molecule has 3 amide bonds. The van der Waals surface area contributed by atoms with Gasteiger partial charge in [-0.2, -0.15) is 0 Å². The molecule has 0 fully saturated rings. The molecule has 0 atom stereocenters. The summed E-state index contributed by atoms with van der Waals surface area (Å²) >= 11 is 1.65. The van der Waals surface area contributed by atoms with E-state index in [1.54, 1.807) is 23.3 Å². The molecular formula is C29H37N3O3S. The van der Waals surface area contributed by atoms with Gasteiger partial charge in [-0.25, -0.2) is 4.79 Å². The zero-order valence-corrected chi connectivity index (χ0v) is 22.5. The molecule has 3 rings (SSSR count). The number of nitrogens with zero attached hydrogens (tertiary/aromatic N) is 2. The number of ether oxygens (including phenoxy) is 1. The second kappa shape index (κ2) is 13.8. The van der Waals surface area contributed by atoms with Gasteiger partial charge in [-0.1, -0.05) is 56.3 Å². The predicted molar refractivity (Wildman–Crippen MR) is 147 cm³/mol. The van der Waals surface area contributed by atoms with E-state index >= 15 is 0 Å². The van der Waals surface area contributed by atoms with Crippen molar-refractivity contribution in [3.63, 3.8) is 0 Å². The van der Waals surface area contributed by atoms with Crippen molar-refractivity contribution in [3.8, 4) is 0 Å². The van der Waals surface area contributed by atoms with Crippen LogP contribution in [0.3, 0.4) is 0 Å². The van der Waals surface area contributed by atoms with E-state index in [1.807, 2.05) is 64.9 Å². The van der Waals surface area contributed by atoms with Gasteiger partial charge >= 0.3 is 6.03 Å². The number of hydrogen-bond acceptors (Lipinski definition) is 4. The van der Waals surface area contributed by atoms with E-state index in [4.69, 9.17) is 4.74 Å². The van der Waals surface area contributed by atoms with E-state index in [9.17, 15) is 9.59 Å². The Hall–Kier alpha value is -3.16. The predicted octanol–water partition coefficient (Wildman–Crippen LogP) is 6.28. The number of aryl methyl sites for hydroxylation is 1. The first kappa shape index (κ1) is 27.4. The fraction of sp³-hybridized carbons (Fsp3) is 0.379. The summed E-state index contributed by atoms with van der Waals surface area (Å²) in [6.45, 7) is 8.27. The number of rotatable bonds is 12. The van der Waals surface area contributed by atoms with Gasteiger partial charge < -0.3 is 19.9 Å². The number of urea groups is 1. The number of carbonyl (C=O) groups excluding carboxylic acids is 2. The number of hydrogen-bond donors (Lipinski definition) is 1. The Bertz CT molecular complexity index is 1100. The van der Waals surface area contributed by atoms with E-state index in [1.165, 1.54) is 11.1 Å². The Balaban J connectivity index is 1.75. The highest BCUT2D eigenvalue weighted by atomic mass is 32.1. The second-order valence-corrected chi connectivity index (χ2v) is 10.2. The molecule has 36 heavy (non-hydrogen) atoms. The summed E-state index contributed by atoms with van der Waals surface area (Å²) in [7, 11) is 1.64. The highest BCUT2D eigenvalue weighted by Gasteiger charge is 2.23. The molecule has 6 nitrogen and oxygen atoms in total. The molecule has 0 saturated heterocycles. The summed E-state index contributed by atoms with van der Waals surface area (Å²) in [5.41, 5.74) is 4.15. The monoisotopic (exact) mass is 507 g/mol. The molecule has 192 valence electrons. The summed E-state index contributed by atoms with van der Waals surface area (Å²) in [6, 6.07) is 19.6. The van der Waals surface area contributed by atoms with Crippen molar-refractivity contribution in [1.29, 1.82) is 0 Å². The van der Waals surface area contributed by atoms with Gasteiger partial charge in [0.25, 0.3) is 0 Å². The molecule has 0 saturated carbocycles. The molecule has 1 heterocycles. The molecule has 0 radical (unpaired) electrons. The van der Waals surface area contributed by atoms with Crippen LogP contribution >= 0.6 is 11.3 Å². The molecular weight excluding hydrogens is 470 g/mol. The van der Waals surface area contributed by atoms with Crippen LogP contribution in [-0.2, 0) is 22.6 Å². The van der Waals surface area contributed by atoms with Crippen molar-refractivity contribution >= 4 is 29.0 Å². The lowest BCUT2D eigenvalue weighted by Gasteiger charge is -2.28. The Morgan fingerprint density at radius 3 is 2.31 bits per heavy atom. The molecule has 0 spiro atoms. The van der Waals surface area contributed by atoms with Gasteiger partial charge in [0.2, 0.25) is 5.91 Å². The van der Waals surface area contributed by atoms with Crippen molar-refractivity contribution in [2.24, 2.45) is 0 Å².